The Kier molecular flexibility index (Phi) is 6.10. The van der Waals surface area contributed by atoms with Gasteiger partial charge in [0.05, 0.1) is 0 Å². The second-order valence-corrected chi connectivity index (χ2v) is 9.85. The first-order chi connectivity index (χ1) is 14.0. The molecular weight excluding hydrogens is 441 g/mol. The number of anilines is 1. The molecule has 12 heteroatoms. The van der Waals surface area contributed by atoms with Crippen LogP contribution in [0.4, 0.5) is 19.1 Å². The SMILES string of the molecule is CC#C[C@@H]1CN(S(=O)(=O)c2cccs2)CCN1c1ncc(C(C)(O)C(F)(F)F)cn1. The first-order valence-electron chi connectivity index (χ1n) is 8.82. The van der Waals surface area contributed by atoms with Crippen LogP contribution in [0.2, 0.25) is 0 Å². The van der Waals surface area contributed by atoms with Gasteiger partial charge in [0.2, 0.25) is 5.95 Å². The predicted octanol–water partition coefficient (Wildman–Crippen LogP) is 2.21. The van der Waals surface area contributed by atoms with Crippen molar-refractivity contribution in [3.63, 3.8) is 0 Å². The first-order valence-corrected chi connectivity index (χ1v) is 11.1. The van der Waals surface area contributed by atoms with E-state index < -0.39 is 33.4 Å². The third kappa shape index (κ3) is 4.15. The lowest BCUT2D eigenvalue weighted by Gasteiger charge is -2.38. The number of rotatable bonds is 4. The van der Waals surface area contributed by atoms with Crippen molar-refractivity contribution in [1.82, 2.24) is 14.3 Å². The van der Waals surface area contributed by atoms with Gasteiger partial charge in [-0.15, -0.1) is 17.3 Å². The van der Waals surface area contributed by atoms with Crippen LogP contribution in [0.5, 0.6) is 0 Å². The van der Waals surface area contributed by atoms with E-state index in [0.29, 0.717) is 6.92 Å². The molecule has 1 aliphatic heterocycles. The minimum atomic E-state index is -4.88. The first kappa shape index (κ1) is 22.5. The Morgan fingerprint density at radius 2 is 1.93 bits per heavy atom. The van der Waals surface area contributed by atoms with Crippen molar-refractivity contribution in [1.29, 1.82) is 0 Å². The molecule has 30 heavy (non-hydrogen) atoms. The molecule has 1 N–H and O–H groups in total. The molecule has 7 nitrogen and oxygen atoms in total. The van der Waals surface area contributed by atoms with Crippen LogP contribution in [0.3, 0.4) is 0 Å². The summed E-state index contributed by atoms with van der Waals surface area (Å²) in [5.41, 5.74) is -3.57. The third-order valence-electron chi connectivity index (χ3n) is 4.75. The van der Waals surface area contributed by atoms with Gasteiger partial charge in [-0.3, -0.25) is 0 Å². The maximum Gasteiger partial charge on any atom is 0.421 e. The lowest BCUT2D eigenvalue weighted by molar-refractivity contribution is -0.259. The summed E-state index contributed by atoms with van der Waals surface area (Å²) in [6.07, 6.45) is -3.04. The number of hydrogen-bond donors (Lipinski definition) is 1. The van der Waals surface area contributed by atoms with E-state index in [1.807, 2.05) is 0 Å². The van der Waals surface area contributed by atoms with Gasteiger partial charge >= 0.3 is 6.18 Å². The largest absolute Gasteiger partial charge is 0.421 e. The topological polar surface area (TPSA) is 86.6 Å². The number of thiophene rings is 1. The van der Waals surface area contributed by atoms with Crippen LogP contribution in [0.25, 0.3) is 0 Å². The average molecular weight is 461 g/mol. The average Bonchev–Trinajstić information content (AvgIpc) is 3.23. The number of alkyl halides is 3. The van der Waals surface area contributed by atoms with Crippen molar-refractivity contribution >= 4 is 27.3 Å². The monoisotopic (exact) mass is 460 g/mol. The lowest BCUT2D eigenvalue weighted by atomic mass is 9.99. The summed E-state index contributed by atoms with van der Waals surface area (Å²) in [7, 11) is -3.66. The third-order valence-corrected chi connectivity index (χ3v) is 7.99. The summed E-state index contributed by atoms with van der Waals surface area (Å²) in [4.78, 5) is 9.59. The predicted molar refractivity (Wildman–Crippen MR) is 105 cm³/mol. The summed E-state index contributed by atoms with van der Waals surface area (Å²) in [6.45, 7) is 2.65. The van der Waals surface area contributed by atoms with Gasteiger partial charge in [-0.2, -0.15) is 17.5 Å². The highest BCUT2D eigenvalue weighted by Crippen LogP contribution is 2.38. The van der Waals surface area contributed by atoms with E-state index >= 15 is 0 Å². The second-order valence-electron chi connectivity index (χ2n) is 6.74. The molecule has 1 saturated heterocycles. The van der Waals surface area contributed by atoms with Crippen molar-refractivity contribution in [2.75, 3.05) is 24.5 Å². The van der Waals surface area contributed by atoms with Crippen molar-refractivity contribution in [2.24, 2.45) is 0 Å². The zero-order valence-corrected chi connectivity index (χ0v) is 17.7. The molecule has 0 spiro atoms. The van der Waals surface area contributed by atoms with Crippen LogP contribution in [0.15, 0.2) is 34.1 Å². The fourth-order valence-electron chi connectivity index (χ4n) is 2.93. The van der Waals surface area contributed by atoms with Gasteiger partial charge in [0.1, 0.15) is 10.3 Å². The highest BCUT2D eigenvalue weighted by molar-refractivity contribution is 7.91. The molecule has 3 rings (SSSR count). The standard InChI is InChI=1S/C18H19F3N4O3S2/c1-3-5-14-12-24(30(27,28)15-6-4-9-29-15)7-8-25(14)16-22-10-13(11-23-16)17(2,26)18(19,20)21/h4,6,9-11,14,26H,7-8,12H2,1-2H3/t14-,17?/m1/s1. The Labute approximate surface area is 176 Å². The van der Waals surface area contributed by atoms with Crippen molar-refractivity contribution < 1.29 is 26.7 Å². The van der Waals surface area contributed by atoms with E-state index in [2.05, 4.69) is 21.8 Å². The van der Waals surface area contributed by atoms with E-state index in [9.17, 15) is 26.7 Å². The quantitative estimate of drug-likeness (QED) is 0.705. The molecule has 0 radical (unpaired) electrons. The number of nitrogens with zero attached hydrogens (tertiary/aromatic N) is 4. The Morgan fingerprint density at radius 3 is 2.47 bits per heavy atom. The van der Waals surface area contributed by atoms with Crippen molar-refractivity contribution in [3.05, 3.63) is 35.5 Å². The summed E-state index contributed by atoms with van der Waals surface area (Å²) in [5.74, 6) is 5.77. The van der Waals surface area contributed by atoms with E-state index in [4.69, 9.17) is 0 Å². The molecule has 0 bridgehead atoms. The highest BCUT2D eigenvalue weighted by atomic mass is 32.2. The van der Waals surface area contributed by atoms with E-state index in [0.717, 1.165) is 23.7 Å². The maximum atomic E-state index is 13.0. The number of halogens is 3. The number of aliphatic hydroxyl groups is 1. The van der Waals surface area contributed by atoms with Crippen LogP contribution in [0, 0.1) is 11.8 Å². The molecule has 0 saturated carbocycles. The number of piperazine rings is 1. The normalized spacial score (nSPS) is 20.3. The minimum Gasteiger partial charge on any atom is -0.376 e. The van der Waals surface area contributed by atoms with Crippen LogP contribution in [0.1, 0.15) is 19.4 Å². The fourth-order valence-corrected chi connectivity index (χ4v) is 5.51. The summed E-state index contributed by atoms with van der Waals surface area (Å²) in [6, 6.07) is 2.61. The second kappa shape index (κ2) is 8.14. The van der Waals surface area contributed by atoms with Gasteiger partial charge in [-0.05, 0) is 25.3 Å². The van der Waals surface area contributed by atoms with Crippen LogP contribution in [-0.2, 0) is 15.6 Å². The Balaban J connectivity index is 1.84. The zero-order valence-electron chi connectivity index (χ0n) is 16.1. The number of aromatic nitrogens is 2. The number of sulfonamides is 1. The van der Waals surface area contributed by atoms with Gasteiger partial charge in [-0.1, -0.05) is 12.0 Å². The molecule has 2 aromatic rings. The molecule has 2 atom stereocenters. The molecule has 0 aliphatic carbocycles. The molecule has 2 aromatic heterocycles. The van der Waals surface area contributed by atoms with Gasteiger partial charge in [0.25, 0.3) is 10.0 Å². The van der Waals surface area contributed by atoms with E-state index in [1.54, 1.807) is 23.3 Å². The molecule has 1 aliphatic rings. The molecule has 0 aromatic carbocycles. The van der Waals surface area contributed by atoms with E-state index in [-0.39, 0.29) is 29.8 Å². The lowest BCUT2D eigenvalue weighted by Crippen LogP contribution is -2.54. The van der Waals surface area contributed by atoms with Crippen molar-refractivity contribution in [3.8, 4) is 11.8 Å². The van der Waals surface area contributed by atoms with Gasteiger partial charge < -0.3 is 10.0 Å². The van der Waals surface area contributed by atoms with Gasteiger partial charge in [0.15, 0.2) is 5.60 Å². The molecule has 0 amide bonds. The van der Waals surface area contributed by atoms with Crippen LogP contribution < -0.4 is 4.90 Å². The van der Waals surface area contributed by atoms with Gasteiger partial charge in [0, 0.05) is 37.6 Å². The summed E-state index contributed by atoms with van der Waals surface area (Å²) < 4.78 is 66.2. The summed E-state index contributed by atoms with van der Waals surface area (Å²) >= 11 is 1.12. The molecular formula is C18H19F3N4O3S2. The van der Waals surface area contributed by atoms with Crippen molar-refractivity contribution in [2.45, 2.75) is 35.9 Å². The number of hydrogen-bond acceptors (Lipinski definition) is 7. The Hall–Kier alpha value is -2.20. The van der Waals surface area contributed by atoms with Crippen LogP contribution >= 0.6 is 11.3 Å². The minimum absolute atomic E-state index is 0.0620. The van der Waals surface area contributed by atoms with E-state index in [1.165, 1.54) is 10.4 Å². The Morgan fingerprint density at radius 1 is 1.27 bits per heavy atom. The fraction of sp³-hybridized carbons (Fsp3) is 0.444. The Bertz CT molecular complexity index is 1040. The van der Waals surface area contributed by atoms with Gasteiger partial charge in [-0.25, -0.2) is 18.4 Å². The molecule has 1 unspecified atom stereocenters. The molecule has 1 fully saturated rings. The molecule has 162 valence electrons. The summed E-state index contributed by atoms with van der Waals surface area (Å²) in [5, 5.41) is 11.4. The molecule has 3 heterocycles. The zero-order chi connectivity index (χ0) is 22.2. The maximum absolute atomic E-state index is 13.0. The van der Waals surface area contributed by atoms with Crippen LogP contribution in [-0.4, -0.2) is 59.6 Å². The highest BCUT2D eigenvalue weighted by Gasteiger charge is 2.51. The smallest absolute Gasteiger partial charge is 0.376 e.